The largest absolute Gasteiger partial charge is 0.459 e. The molecule has 1 amide bonds. The molecule has 0 aliphatic carbocycles. The maximum atomic E-state index is 13.1. The first-order chi connectivity index (χ1) is 15.4. The van der Waals surface area contributed by atoms with Crippen LogP contribution in [0.1, 0.15) is 27.6 Å². The molecule has 1 saturated heterocycles. The number of ether oxygens (including phenoxy) is 4. The summed E-state index contributed by atoms with van der Waals surface area (Å²) in [7, 11) is 1.32. The van der Waals surface area contributed by atoms with Crippen LogP contribution in [0, 0.1) is 0 Å². The van der Waals surface area contributed by atoms with Crippen molar-refractivity contribution in [3.05, 3.63) is 71.8 Å². The molecule has 1 aliphatic rings. The molecule has 1 fully saturated rings. The number of hydrogen-bond acceptors (Lipinski definition) is 8. The second kappa shape index (κ2) is 10.7. The van der Waals surface area contributed by atoms with E-state index in [2.05, 4.69) is 5.32 Å². The lowest BCUT2D eigenvalue weighted by atomic mass is 9.98. The van der Waals surface area contributed by atoms with Crippen LogP contribution in [0.5, 0.6) is 0 Å². The fourth-order valence-corrected chi connectivity index (χ4v) is 3.22. The maximum Gasteiger partial charge on any atom is 0.338 e. The minimum Gasteiger partial charge on any atom is -0.459 e. The van der Waals surface area contributed by atoms with E-state index in [4.69, 9.17) is 18.9 Å². The maximum absolute atomic E-state index is 13.1. The van der Waals surface area contributed by atoms with E-state index in [-0.39, 0.29) is 5.56 Å². The average Bonchev–Trinajstić information content (AvgIpc) is 2.81. The monoisotopic (exact) mass is 441 g/mol. The van der Waals surface area contributed by atoms with Crippen LogP contribution in [0.25, 0.3) is 0 Å². The minimum atomic E-state index is -1.41. The molecule has 3 rings (SSSR count). The van der Waals surface area contributed by atoms with Gasteiger partial charge < -0.3 is 24.3 Å². The van der Waals surface area contributed by atoms with Crippen molar-refractivity contribution in [2.24, 2.45) is 0 Å². The Hall–Kier alpha value is -3.56. The number of Topliss-reactive ketones (excluding diaryl/α,β-unsaturated/α-hetero) is 1. The Morgan fingerprint density at radius 3 is 2.03 bits per heavy atom. The van der Waals surface area contributed by atoms with E-state index in [1.54, 1.807) is 48.5 Å². The number of ketones is 1. The molecule has 1 heterocycles. The Morgan fingerprint density at radius 1 is 0.938 bits per heavy atom. The molecule has 1 N–H and O–H groups in total. The van der Waals surface area contributed by atoms with Crippen LogP contribution in [0.3, 0.4) is 0 Å². The molecular weight excluding hydrogens is 418 g/mol. The van der Waals surface area contributed by atoms with Crippen molar-refractivity contribution in [3.8, 4) is 0 Å². The second-order valence-electron chi connectivity index (χ2n) is 7.01. The molecule has 0 unspecified atom stereocenters. The van der Waals surface area contributed by atoms with Gasteiger partial charge in [0, 0.05) is 14.0 Å². The van der Waals surface area contributed by atoms with E-state index in [0.717, 1.165) is 0 Å². The van der Waals surface area contributed by atoms with Gasteiger partial charge in [-0.3, -0.25) is 9.59 Å². The van der Waals surface area contributed by atoms with Gasteiger partial charge in [0.2, 0.25) is 11.7 Å². The third-order valence-electron chi connectivity index (χ3n) is 4.74. The van der Waals surface area contributed by atoms with Crippen LogP contribution in [0.2, 0.25) is 0 Å². The molecule has 4 atom stereocenters. The fraction of sp³-hybridized carbons (Fsp3) is 0.304. The van der Waals surface area contributed by atoms with E-state index in [9.17, 15) is 19.2 Å². The highest BCUT2D eigenvalue weighted by atomic mass is 16.7. The number of methoxy groups -OCH3 is 1. The van der Waals surface area contributed by atoms with Gasteiger partial charge in [0.1, 0.15) is 12.6 Å². The summed E-state index contributed by atoms with van der Waals surface area (Å²) >= 11 is 0. The standard InChI is InChI=1S/C23H23NO8/c1-14(25)24-18-20(32-22(28)16-11-7-4-8-12-16)19(26)17(31-23(18)29-2)13-30-21(27)15-9-5-3-6-10-15/h3-12,17-18,20,23H,13H2,1-2H3,(H,24,25)/t17-,18-,20-,23+/m1/s1. The Morgan fingerprint density at radius 2 is 1.50 bits per heavy atom. The smallest absolute Gasteiger partial charge is 0.338 e. The van der Waals surface area contributed by atoms with E-state index >= 15 is 0 Å². The number of hydrogen-bond donors (Lipinski definition) is 1. The van der Waals surface area contributed by atoms with Gasteiger partial charge in [-0.25, -0.2) is 9.59 Å². The minimum absolute atomic E-state index is 0.231. The van der Waals surface area contributed by atoms with Crippen LogP contribution in [-0.2, 0) is 28.5 Å². The third kappa shape index (κ3) is 5.57. The normalized spacial score (nSPS) is 22.6. The first-order valence-electron chi connectivity index (χ1n) is 9.88. The molecule has 0 spiro atoms. The van der Waals surface area contributed by atoms with Crippen LogP contribution in [0.4, 0.5) is 0 Å². The summed E-state index contributed by atoms with van der Waals surface area (Å²) in [6.07, 6.45) is -3.79. The predicted molar refractivity (Wildman–Crippen MR) is 111 cm³/mol. The van der Waals surface area contributed by atoms with Crippen LogP contribution >= 0.6 is 0 Å². The summed E-state index contributed by atoms with van der Waals surface area (Å²) in [4.78, 5) is 49.6. The Kier molecular flexibility index (Phi) is 7.69. The number of rotatable bonds is 7. The zero-order chi connectivity index (χ0) is 23.1. The first-order valence-corrected chi connectivity index (χ1v) is 9.88. The third-order valence-corrected chi connectivity index (χ3v) is 4.74. The Labute approximate surface area is 184 Å². The van der Waals surface area contributed by atoms with Crippen LogP contribution < -0.4 is 5.32 Å². The average molecular weight is 441 g/mol. The lowest BCUT2D eigenvalue weighted by Crippen LogP contribution is -2.64. The SMILES string of the molecule is CO[C@H]1O[C@H](COC(=O)c2ccccc2)C(=O)[C@H](OC(=O)c2ccccc2)[C@H]1NC(C)=O. The highest BCUT2D eigenvalue weighted by Crippen LogP contribution is 2.23. The van der Waals surface area contributed by atoms with E-state index < -0.39 is 54.8 Å². The van der Waals surface area contributed by atoms with Gasteiger partial charge in [-0.2, -0.15) is 0 Å². The summed E-state index contributed by atoms with van der Waals surface area (Å²) in [5.41, 5.74) is 0.539. The topological polar surface area (TPSA) is 117 Å². The summed E-state index contributed by atoms with van der Waals surface area (Å²) in [5, 5.41) is 2.54. The molecule has 2 aromatic rings. The van der Waals surface area contributed by atoms with Gasteiger partial charge in [0.15, 0.2) is 18.5 Å². The Balaban J connectivity index is 1.78. The summed E-state index contributed by atoms with van der Waals surface area (Å²) < 4.78 is 21.6. The van der Waals surface area contributed by atoms with Gasteiger partial charge in [0.05, 0.1) is 11.1 Å². The molecule has 0 radical (unpaired) electrons. The lowest BCUT2D eigenvalue weighted by Gasteiger charge is -2.39. The van der Waals surface area contributed by atoms with Gasteiger partial charge in [0.25, 0.3) is 0 Å². The van der Waals surface area contributed by atoms with Gasteiger partial charge in [-0.1, -0.05) is 36.4 Å². The second-order valence-corrected chi connectivity index (χ2v) is 7.01. The van der Waals surface area contributed by atoms with Crippen molar-refractivity contribution in [2.45, 2.75) is 31.5 Å². The zero-order valence-electron chi connectivity index (χ0n) is 17.6. The predicted octanol–water partition coefficient (Wildman–Crippen LogP) is 1.51. The van der Waals surface area contributed by atoms with E-state index in [1.807, 2.05) is 0 Å². The van der Waals surface area contributed by atoms with Crippen molar-refractivity contribution < 1.29 is 38.1 Å². The van der Waals surface area contributed by atoms with Gasteiger partial charge in [-0.15, -0.1) is 0 Å². The lowest BCUT2D eigenvalue weighted by molar-refractivity contribution is -0.219. The van der Waals surface area contributed by atoms with Crippen molar-refractivity contribution >= 4 is 23.6 Å². The number of carbonyl (C=O) groups excluding carboxylic acids is 4. The van der Waals surface area contributed by atoms with Crippen LogP contribution in [-0.4, -0.2) is 61.9 Å². The first kappa shape index (κ1) is 23.1. The van der Waals surface area contributed by atoms with Crippen molar-refractivity contribution in [2.75, 3.05) is 13.7 Å². The van der Waals surface area contributed by atoms with Gasteiger partial charge >= 0.3 is 11.9 Å². The molecule has 0 saturated carbocycles. The molecule has 1 aliphatic heterocycles. The Bertz CT molecular complexity index is 962. The molecule has 0 bridgehead atoms. The molecule has 32 heavy (non-hydrogen) atoms. The number of amides is 1. The number of nitrogens with one attached hydrogen (secondary N) is 1. The number of carbonyl (C=O) groups is 4. The van der Waals surface area contributed by atoms with E-state index in [0.29, 0.717) is 5.56 Å². The highest BCUT2D eigenvalue weighted by molar-refractivity contribution is 5.96. The molecule has 9 nitrogen and oxygen atoms in total. The quantitative estimate of drug-likeness (QED) is 0.643. The molecule has 9 heteroatoms. The molecular formula is C23H23NO8. The van der Waals surface area contributed by atoms with Crippen molar-refractivity contribution in [1.82, 2.24) is 5.32 Å². The molecule has 168 valence electrons. The number of benzene rings is 2. The summed E-state index contributed by atoms with van der Waals surface area (Å²) in [6, 6.07) is 15.3. The highest BCUT2D eigenvalue weighted by Gasteiger charge is 2.48. The molecule has 0 aromatic heterocycles. The summed E-state index contributed by atoms with van der Waals surface area (Å²) in [6.45, 7) is 0.833. The summed E-state index contributed by atoms with van der Waals surface area (Å²) in [5.74, 6) is -2.53. The number of esters is 2. The zero-order valence-corrected chi connectivity index (χ0v) is 17.6. The van der Waals surface area contributed by atoms with Gasteiger partial charge in [-0.05, 0) is 24.3 Å². The van der Waals surface area contributed by atoms with Crippen molar-refractivity contribution in [1.29, 1.82) is 0 Å². The molecule has 2 aromatic carbocycles. The van der Waals surface area contributed by atoms with Crippen LogP contribution in [0.15, 0.2) is 60.7 Å². The fourth-order valence-electron chi connectivity index (χ4n) is 3.22. The van der Waals surface area contributed by atoms with E-state index in [1.165, 1.54) is 26.2 Å². The van der Waals surface area contributed by atoms with Crippen molar-refractivity contribution in [3.63, 3.8) is 0 Å².